The number of ether oxygens (including phenoxy) is 5. The second-order valence-corrected chi connectivity index (χ2v) is 7.33. The molecule has 2 saturated heterocycles. The van der Waals surface area contributed by atoms with Gasteiger partial charge in [0.1, 0.15) is 12.7 Å². The number of hydrogen-bond acceptors (Lipinski definition) is 8. The van der Waals surface area contributed by atoms with Crippen LogP contribution in [-0.2, 0) is 28.5 Å². The highest BCUT2D eigenvalue weighted by molar-refractivity contribution is 5.90. The monoisotopic (exact) mass is 426 g/mol. The van der Waals surface area contributed by atoms with Crippen LogP contribution in [0.25, 0.3) is 0 Å². The summed E-state index contributed by atoms with van der Waals surface area (Å²) in [6.45, 7) is 1.45. The van der Waals surface area contributed by atoms with Gasteiger partial charge >= 0.3 is 17.9 Å². The summed E-state index contributed by atoms with van der Waals surface area (Å²) in [6.07, 6.45) is -2.42. The molecule has 0 amide bonds. The van der Waals surface area contributed by atoms with Crippen LogP contribution in [0.3, 0.4) is 0 Å². The second kappa shape index (κ2) is 8.87. The average Bonchev–Trinajstić information content (AvgIpc) is 3.05. The summed E-state index contributed by atoms with van der Waals surface area (Å²) in [5.74, 6) is -1.68. The SMILES string of the molecule is CC(=O)OC1OC(COC(=O)c2ccccc2)C(OC(=O)c2ccccc2)C12CCO2. The van der Waals surface area contributed by atoms with E-state index in [0.717, 1.165) is 0 Å². The highest BCUT2D eigenvalue weighted by Crippen LogP contribution is 2.45. The molecular formula is C23H22O8. The van der Waals surface area contributed by atoms with Gasteiger partial charge in [-0.1, -0.05) is 36.4 Å². The van der Waals surface area contributed by atoms with Crippen molar-refractivity contribution in [3.8, 4) is 0 Å². The van der Waals surface area contributed by atoms with Crippen molar-refractivity contribution < 1.29 is 38.1 Å². The number of carbonyl (C=O) groups is 3. The maximum absolute atomic E-state index is 12.7. The van der Waals surface area contributed by atoms with Gasteiger partial charge in [0.25, 0.3) is 0 Å². The second-order valence-electron chi connectivity index (χ2n) is 7.33. The number of esters is 3. The summed E-state index contributed by atoms with van der Waals surface area (Å²) in [4.78, 5) is 36.7. The van der Waals surface area contributed by atoms with E-state index in [2.05, 4.69) is 0 Å². The summed E-state index contributed by atoms with van der Waals surface area (Å²) in [5.41, 5.74) is -0.405. The molecule has 2 heterocycles. The zero-order valence-electron chi connectivity index (χ0n) is 16.9. The molecule has 8 heteroatoms. The minimum atomic E-state index is -1.14. The zero-order chi connectivity index (χ0) is 21.8. The number of rotatable bonds is 6. The summed E-state index contributed by atoms with van der Waals surface area (Å²) >= 11 is 0. The van der Waals surface area contributed by atoms with Crippen LogP contribution in [0.15, 0.2) is 60.7 Å². The lowest BCUT2D eigenvalue weighted by atomic mass is 9.87. The Morgan fingerprint density at radius 3 is 2.03 bits per heavy atom. The van der Waals surface area contributed by atoms with E-state index >= 15 is 0 Å². The van der Waals surface area contributed by atoms with Crippen molar-refractivity contribution in [2.45, 2.75) is 37.4 Å². The summed E-state index contributed by atoms with van der Waals surface area (Å²) in [5, 5.41) is 0. The topological polar surface area (TPSA) is 97.4 Å². The third-order valence-electron chi connectivity index (χ3n) is 5.28. The van der Waals surface area contributed by atoms with Crippen molar-refractivity contribution >= 4 is 17.9 Å². The minimum absolute atomic E-state index is 0.205. The van der Waals surface area contributed by atoms with Crippen molar-refractivity contribution in [2.75, 3.05) is 13.2 Å². The van der Waals surface area contributed by atoms with E-state index in [1.165, 1.54) is 6.92 Å². The summed E-state index contributed by atoms with van der Waals surface area (Å²) in [6, 6.07) is 17.0. The Kier molecular flexibility index (Phi) is 6.01. The highest BCUT2D eigenvalue weighted by atomic mass is 16.8. The summed E-state index contributed by atoms with van der Waals surface area (Å²) < 4.78 is 28.0. The molecule has 4 rings (SSSR count). The van der Waals surface area contributed by atoms with Gasteiger partial charge < -0.3 is 23.7 Å². The normalized spacial score (nSPS) is 26.7. The number of carbonyl (C=O) groups excluding carboxylic acids is 3. The highest BCUT2D eigenvalue weighted by Gasteiger charge is 2.65. The first-order valence-corrected chi connectivity index (χ1v) is 9.94. The molecule has 0 N–H and O–H groups in total. The molecule has 0 aromatic heterocycles. The Balaban J connectivity index is 1.53. The van der Waals surface area contributed by atoms with E-state index in [1.807, 2.05) is 0 Å². The zero-order valence-corrected chi connectivity index (χ0v) is 16.9. The van der Waals surface area contributed by atoms with Crippen LogP contribution in [0.4, 0.5) is 0 Å². The standard InChI is InChI=1S/C23H22O8/c1-15(24)29-22-23(12-13-28-23)19(31-21(26)17-10-6-3-7-11-17)18(30-22)14-27-20(25)16-8-4-2-5-9-16/h2-11,18-19,22H,12-14H2,1H3. The van der Waals surface area contributed by atoms with Crippen molar-refractivity contribution in [3.63, 3.8) is 0 Å². The van der Waals surface area contributed by atoms with Gasteiger partial charge in [-0.2, -0.15) is 0 Å². The first kappa shape index (κ1) is 21.0. The maximum atomic E-state index is 12.7. The number of hydrogen-bond donors (Lipinski definition) is 0. The molecule has 0 bridgehead atoms. The van der Waals surface area contributed by atoms with Crippen molar-refractivity contribution in [1.29, 1.82) is 0 Å². The molecule has 2 fully saturated rings. The van der Waals surface area contributed by atoms with E-state index in [4.69, 9.17) is 23.7 Å². The van der Waals surface area contributed by atoms with Gasteiger partial charge in [-0.25, -0.2) is 9.59 Å². The molecular weight excluding hydrogens is 404 g/mol. The van der Waals surface area contributed by atoms with Crippen molar-refractivity contribution in [2.24, 2.45) is 0 Å². The average molecular weight is 426 g/mol. The lowest BCUT2D eigenvalue weighted by molar-refractivity contribution is -0.267. The third-order valence-corrected chi connectivity index (χ3v) is 5.28. The smallest absolute Gasteiger partial charge is 0.338 e. The van der Waals surface area contributed by atoms with Crippen LogP contribution in [0.1, 0.15) is 34.1 Å². The number of benzene rings is 2. The molecule has 2 aromatic carbocycles. The Morgan fingerprint density at radius 1 is 0.935 bits per heavy atom. The van der Waals surface area contributed by atoms with Crippen LogP contribution >= 0.6 is 0 Å². The van der Waals surface area contributed by atoms with E-state index < -0.39 is 42.0 Å². The van der Waals surface area contributed by atoms with Crippen molar-refractivity contribution in [1.82, 2.24) is 0 Å². The lowest BCUT2D eigenvalue weighted by Crippen LogP contribution is -2.60. The van der Waals surface area contributed by atoms with Gasteiger partial charge in [-0.3, -0.25) is 4.79 Å². The van der Waals surface area contributed by atoms with Gasteiger partial charge in [0, 0.05) is 13.3 Å². The van der Waals surface area contributed by atoms with E-state index in [-0.39, 0.29) is 6.61 Å². The Bertz CT molecular complexity index is 939. The molecule has 2 aliphatic heterocycles. The van der Waals surface area contributed by atoms with Crippen molar-refractivity contribution in [3.05, 3.63) is 71.8 Å². The largest absolute Gasteiger partial charge is 0.459 e. The molecule has 4 unspecified atom stereocenters. The van der Waals surface area contributed by atoms with Crippen LogP contribution in [-0.4, -0.2) is 55.2 Å². The molecule has 0 saturated carbocycles. The first-order valence-electron chi connectivity index (χ1n) is 9.94. The quantitative estimate of drug-likeness (QED) is 0.514. The molecule has 2 aliphatic rings. The van der Waals surface area contributed by atoms with E-state index in [1.54, 1.807) is 60.7 Å². The summed E-state index contributed by atoms with van der Waals surface area (Å²) in [7, 11) is 0. The van der Waals surface area contributed by atoms with Gasteiger partial charge in [-0.15, -0.1) is 0 Å². The predicted molar refractivity (Wildman–Crippen MR) is 106 cm³/mol. The minimum Gasteiger partial charge on any atom is -0.459 e. The molecule has 162 valence electrons. The van der Waals surface area contributed by atoms with Crippen LogP contribution < -0.4 is 0 Å². The van der Waals surface area contributed by atoms with Gasteiger partial charge in [-0.05, 0) is 24.3 Å². The third kappa shape index (κ3) is 4.30. The van der Waals surface area contributed by atoms with Crippen LogP contribution in [0, 0.1) is 0 Å². The fraction of sp³-hybridized carbons (Fsp3) is 0.348. The van der Waals surface area contributed by atoms with E-state index in [0.29, 0.717) is 24.2 Å². The predicted octanol–water partition coefficient (Wildman–Crippen LogP) is 2.52. The van der Waals surface area contributed by atoms with Gasteiger partial charge in [0.2, 0.25) is 6.29 Å². The fourth-order valence-electron chi connectivity index (χ4n) is 3.70. The maximum Gasteiger partial charge on any atom is 0.338 e. The molecule has 0 radical (unpaired) electrons. The van der Waals surface area contributed by atoms with E-state index in [9.17, 15) is 14.4 Å². The molecule has 1 spiro atoms. The van der Waals surface area contributed by atoms with Crippen LogP contribution in [0.5, 0.6) is 0 Å². The van der Waals surface area contributed by atoms with Crippen LogP contribution in [0.2, 0.25) is 0 Å². The molecule has 2 aromatic rings. The lowest BCUT2D eigenvalue weighted by Gasteiger charge is -2.43. The fourth-order valence-corrected chi connectivity index (χ4v) is 3.70. The Labute approximate surface area is 179 Å². The Hall–Kier alpha value is -3.23. The molecule has 4 atom stereocenters. The van der Waals surface area contributed by atoms with Gasteiger partial charge in [0.05, 0.1) is 17.7 Å². The Morgan fingerprint density at radius 2 is 1.52 bits per heavy atom. The first-order chi connectivity index (χ1) is 15.0. The molecule has 0 aliphatic carbocycles. The van der Waals surface area contributed by atoms with Gasteiger partial charge in [0.15, 0.2) is 11.7 Å². The molecule has 8 nitrogen and oxygen atoms in total. The molecule has 31 heavy (non-hydrogen) atoms.